The molecule has 82 valence electrons. The SMILES string of the molecule is CCC(C)(N)C(=O)c1ccc(F)c(C)c1. The zero-order valence-electron chi connectivity index (χ0n) is 9.30. The highest BCUT2D eigenvalue weighted by molar-refractivity contribution is 6.02. The van der Waals surface area contributed by atoms with Crippen molar-refractivity contribution in [3.05, 3.63) is 35.1 Å². The lowest BCUT2D eigenvalue weighted by Gasteiger charge is -2.21. The molecule has 0 saturated carbocycles. The summed E-state index contributed by atoms with van der Waals surface area (Å²) in [5.41, 5.74) is 5.90. The third-order valence-electron chi connectivity index (χ3n) is 2.67. The summed E-state index contributed by atoms with van der Waals surface area (Å²) in [6, 6.07) is 4.32. The van der Waals surface area contributed by atoms with Gasteiger partial charge in [0.2, 0.25) is 0 Å². The summed E-state index contributed by atoms with van der Waals surface area (Å²) in [5, 5.41) is 0. The average Bonchev–Trinajstić information content (AvgIpc) is 2.21. The molecule has 3 heteroatoms. The van der Waals surface area contributed by atoms with Crippen molar-refractivity contribution in [3.8, 4) is 0 Å². The second-order valence-corrected chi connectivity index (χ2v) is 4.06. The third-order valence-corrected chi connectivity index (χ3v) is 2.67. The van der Waals surface area contributed by atoms with Crippen molar-refractivity contribution >= 4 is 5.78 Å². The maximum Gasteiger partial charge on any atom is 0.182 e. The van der Waals surface area contributed by atoms with Gasteiger partial charge in [0.15, 0.2) is 5.78 Å². The van der Waals surface area contributed by atoms with E-state index in [0.717, 1.165) is 0 Å². The first-order chi connectivity index (χ1) is 6.88. The van der Waals surface area contributed by atoms with E-state index in [-0.39, 0.29) is 11.6 Å². The van der Waals surface area contributed by atoms with Gasteiger partial charge in [-0.2, -0.15) is 0 Å². The molecule has 0 fully saturated rings. The van der Waals surface area contributed by atoms with Crippen molar-refractivity contribution < 1.29 is 9.18 Å². The van der Waals surface area contributed by atoms with E-state index in [4.69, 9.17) is 5.73 Å². The molecule has 0 aliphatic carbocycles. The number of aryl methyl sites for hydroxylation is 1. The Morgan fingerprint density at radius 1 is 1.53 bits per heavy atom. The van der Waals surface area contributed by atoms with Crippen LogP contribution in [0.1, 0.15) is 36.2 Å². The van der Waals surface area contributed by atoms with Gasteiger partial charge in [0, 0.05) is 5.56 Å². The highest BCUT2D eigenvalue weighted by Gasteiger charge is 2.27. The minimum absolute atomic E-state index is 0.145. The van der Waals surface area contributed by atoms with Crippen LogP contribution in [0.2, 0.25) is 0 Å². The number of nitrogens with two attached hydrogens (primary N) is 1. The summed E-state index contributed by atoms with van der Waals surface area (Å²) in [6.45, 7) is 5.17. The Balaban J connectivity index is 3.08. The third kappa shape index (κ3) is 2.42. The second kappa shape index (κ2) is 4.11. The fourth-order valence-electron chi connectivity index (χ4n) is 1.28. The summed E-state index contributed by atoms with van der Waals surface area (Å²) in [5.74, 6) is -0.449. The first-order valence-electron chi connectivity index (χ1n) is 4.98. The Hall–Kier alpha value is -1.22. The van der Waals surface area contributed by atoms with Gasteiger partial charge in [-0.25, -0.2) is 4.39 Å². The van der Waals surface area contributed by atoms with E-state index in [1.54, 1.807) is 19.9 Å². The highest BCUT2D eigenvalue weighted by atomic mass is 19.1. The van der Waals surface area contributed by atoms with Gasteiger partial charge in [-0.1, -0.05) is 6.92 Å². The van der Waals surface area contributed by atoms with Crippen LogP contribution < -0.4 is 5.73 Å². The monoisotopic (exact) mass is 209 g/mol. The van der Waals surface area contributed by atoms with Crippen molar-refractivity contribution in [1.29, 1.82) is 0 Å². The van der Waals surface area contributed by atoms with Gasteiger partial charge in [0.25, 0.3) is 0 Å². The molecule has 1 rings (SSSR count). The van der Waals surface area contributed by atoms with Crippen molar-refractivity contribution in [2.24, 2.45) is 5.73 Å². The molecule has 2 N–H and O–H groups in total. The molecule has 15 heavy (non-hydrogen) atoms. The maximum atomic E-state index is 13.0. The molecule has 0 spiro atoms. The van der Waals surface area contributed by atoms with Crippen molar-refractivity contribution in [2.75, 3.05) is 0 Å². The molecule has 1 atom stereocenters. The van der Waals surface area contributed by atoms with Crippen LogP contribution in [0.25, 0.3) is 0 Å². The van der Waals surface area contributed by atoms with E-state index in [2.05, 4.69) is 0 Å². The number of hydrogen-bond donors (Lipinski definition) is 1. The van der Waals surface area contributed by atoms with Crippen LogP contribution in [0.3, 0.4) is 0 Å². The number of benzene rings is 1. The van der Waals surface area contributed by atoms with E-state index in [0.29, 0.717) is 17.5 Å². The summed E-state index contributed by atoms with van der Waals surface area (Å²) in [4.78, 5) is 11.9. The van der Waals surface area contributed by atoms with Crippen molar-refractivity contribution in [1.82, 2.24) is 0 Å². The van der Waals surface area contributed by atoms with Gasteiger partial charge < -0.3 is 5.73 Å². The first kappa shape index (κ1) is 11.9. The molecule has 0 heterocycles. The molecule has 0 bridgehead atoms. The molecule has 0 amide bonds. The Morgan fingerprint density at radius 2 is 2.13 bits per heavy atom. The number of halogens is 1. The second-order valence-electron chi connectivity index (χ2n) is 4.06. The van der Waals surface area contributed by atoms with Crippen LogP contribution in [0.15, 0.2) is 18.2 Å². The molecular weight excluding hydrogens is 193 g/mol. The minimum Gasteiger partial charge on any atom is -0.319 e. The highest BCUT2D eigenvalue weighted by Crippen LogP contribution is 2.16. The number of carbonyl (C=O) groups is 1. The lowest BCUT2D eigenvalue weighted by Crippen LogP contribution is -2.44. The predicted octanol–water partition coefficient (Wildman–Crippen LogP) is 2.44. The fraction of sp³-hybridized carbons (Fsp3) is 0.417. The molecule has 0 aliphatic rings. The topological polar surface area (TPSA) is 43.1 Å². The first-order valence-corrected chi connectivity index (χ1v) is 4.98. The molecular formula is C12H16FNO. The maximum absolute atomic E-state index is 13.0. The van der Waals surface area contributed by atoms with Gasteiger partial charge in [0.1, 0.15) is 5.82 Å². The quantitative estimate of drug-likeness (QED) is 0.777. The van der Waals surface area contributed by atoms with E-state index in [1.807, 2.05) is 6.92 Å². The fourth-order valence-corrected chi connectivity index (χ4v) is 1.28. The molecule has 0 radical (unpaired) electrons. The molecule has 0 aromatic heterocycles. The Bertz CT molecular complexity index is 385. The molecule has 1 unspecified atom stereocenters. The number of rotatable bonds is 3. The van der Waals surface area contributed by atoms with Crippen LogP contribution in [0, 0.1) is 12.7 Å². The number of carbonyl (C=O) groups excluding carboxylic acids is 1. The lowest BCUT2D eigenvalue weighted by atomic mass is 9.89. The smallest absolute Gasteiger partial charge is 0.182 e. The van der Waals surface area contributed by atoms with Gasteiger partial charge in [-0.15, -0.1) is 0 Å². The van der Waals surface area contributed by atoms with Gasteiger partial charge in [0.05, 0.1) is 5.54 Å². The number of Topliss-reactive ketones (excluding diaryl/α,β-unsaturated/α-hetero) is 1. The molecule has 0 aliphatic heterocycles. The van der Waals surface area contributed by atoms with Crippen LogP contribution >= 0.6 is 0 Å². The Morgan fingerprint density at radius 3 is 2.60 bits per heavy atom. The molecule has 1 aromatic rings. The average molecular weight is 209 g/mol. The van der Waals surface area contributed by atoms with E-state index < -0.39 is 5.54 Å². The summed E-state index contributed by atoms with van der Waals surface area (Å²) >= 11 is 0. The lowest BCUT2D eigenvalue weighted by molar-refractivity contribution is 0.0897. The van der Waals surface area contributed by atoms with Crippen LogP contribution in [-0.2, 0) is 0 Å². The van der Waals surface area contributed by atoms with Gasteiger partial charge >= 0.3 is 0 Å². The molecule has 0 saturated heterocycles. The van der Waals surface area contributed by atoms with Crippen molar-refractivity contribution in [3.63, 3.8) is 0 Å². The van der Waals surface area contributed by atoms with Crippen LogP contribution in [-0.4, -0.2) is 11.3 Å². The summed E-state index contributed by atoms with van der Waals surface area (Å²) in [7, 11) is 0. The van der Waals surface area contributed by atoms with Crippen LogP contribution in [0.4, 0.5) is 4.39 Å². The van der Waals surface area contributed by atoms with E-state index in [1.165, 1.54) is 12.1 Å². The van der Waals surface area contributed by atoms with E-state index >= 15 is 0 Å². The van der Waals surface area contributed by atoms with Crippen LogP contribution in [0.5, 0.6) is 0 Å². The molecule has 2 nitrogen and oxygen atoms in total. The standard InChI is InChI=1S/C12H16FNO/c1-4-12(3,14)11(15)9-5-6-10(13)8(2)7-9/h5-7H,4,14H2,1-3H3. The Labute approximate surface area is 89.3 Å². The Kier molecular flexibility index (Phi) is 3.25. The summed E-state index contributed by atoms with van der Waals surface area (Å²) in [6.07, 6.45) is 0.558. The number of hydrogen-bond acceptors (Lipinski definition) is 2. The van der Waals surface area contributed by atoms with Gasteiger partial charge in [-0.3, -0.25) is 4.79 Å². The minimum atomic E-state index is -0.871. The molecule has 1 aromatic carbocycles. The van der Waals surface area contributed by atoms with E-state index in [9.17, 15) is 9.18 Å². The largest absolute Gasteiger partial charge is 0.319 e. The number of ketones is 1. The summed E-state index contributed by atoms with van der Waals surface area (Å²) < 4.78 is 13.0. The zero-order chi connectivity index (χ0) is 11.6. The predicted molar refractivity (Wildman–Crippen MR) is 58.4 cm³/mol. The van der Waals surface area contributed by atoms with Crippen molar-refractivity contribution in [2.45, 2.75) is 32.7 Å². The van der Waals surface area contributed by atoms with Gasteiger partial charge in [-0.05, 0) is 44.0 Å². The zero-order valence-corrected chi connectivity index (χ0v) is 9.30. The normalized spacial score (nSPS) is 14.7.